The number of ether oxygens (including phenoxy) is 1. The second kappa shape index (κ2) is 7.03. The number of carbonyl (C=O) groups excluding carboxylic acids is 1. The summed E-state index contributed by atoms with van der Waals surface area (Å²) in [5.74, 6) is -0.426. The number of carbonyl (C=O) groups is 1. The first-order chi connectivity index (χ1) is 11.9. The molecule has 0 saturated carbocycles. The van der Waals surface area contributed by atoms with E-state index in [9.17, 15) is 18.0 Å². The van der Waals surface area contributed by atoms with Gasteiger partial charge in [0.2, 0.25) is 0 Å². The molecule has 4 nitrogen and oxygen atoms in total. The smallest absolute Gasteiger partial charge is 0.416 e. The van der Waals surface area contributed by atoms with E-state index in [1.54, 1.807) is 13.0 Å². The van der Waals surface area contributed by atoms with Crippen LogP contribution in [0, 0.1) is 0 Å². The topological polar surface area (TPSA) is 42.4 Å². The molecule has 1 aromatic carbocycles. The number of aromatic nitrogens is 1. The second-order valence-electron chi connectivity index (χ2n) is 5.71. The molecule has 0 bridgehead atoms. The van der Waals surface area contributed by atoms with Gasteiger partial charge in [0, 0.05) is 12.2 Å². The number of esters is 1. The molecule has 0 atom stereocenters. The van der Waals surface area contributed by atoms with Crippen LogP contribution in [-0.4, -0.2) is 24.1 Å². The number of rotatable bonds is 4. The summed E-state index contributed by atoms with van der Waals surface area (Å²) in [5.41, 5.74) is 0.847. The monoisotopic (exact) mass is 370 g/mol. The Bertz CT molecular complexity index is 773. The molecule has 1 aliphatic heterocycles. The van der Waals surface area contributed by atoms with Gasteiger partial charge in [0.25, 0.3) is 0 Å². The van der Waals surface area contributed by atoms with Gasteiger partial charge in [0.1, 0.15) is 9.88 Å². The van der Waals surface area contributed by atoms with Crippen LogP contribution in [0.1, 0.15) is 39.2 Å². The molecule has 134 valence electrons. The molecule has 8 heteroatoms. The van der Waals surface area contributed by atoms with Crippen molar-refractivity contribution in [2.24, 2.45) is 0 Å². The maximum Gasteiger partial charge on any atom is 0.416 e. The molecule has 25 heavy (non-hydrogen) atoms. The predicted molar refractivity (Wildman–Crippen MR) is 88.9 cm³/mol. The quantitative estimate of drug-likeness (QED) is 0.753. The lowest BCUT2D eigenvalue weighted by Crippen LogP contribution is -2.29. The average Bonchev–Trinajstić information content (AvgIpc) is 3.03. The molecule has 0 amide bonds. The van der Waals surface area contributed by atoms with Gasteiger partial charge in [-0.05, 0) is 37.5 Å². The average molecular weight is 370 g/mol. The Morgan fingerprint density at radius 1 is 1.40 bits per heavy atom. The summed E-state index contributed by atoms with van der Waals surface area (Å²) in [5, 5.41) is 0.674. The first-order valence-corrected chi connectivity index (χ1v) is 8.77. The third-order valence-corrected chi connectivity index (χ3v) is 4.95. The van der Waals surface area contributed by atoms with Gasteiger partial charge in [0.15, 0.2) is 0 Å². The van der Waals surface area contributed by atoms with Gasteiger partial charge in [-0.3, -0.25) is 0 Å². The zero-order chi connectivity index (χ0) is 18.0. The largest absolute Gasteiger partial charge is 0.462 e. The minimum Gasteiger partial charge on any atom is -0.462 e. The Hall–Kier alpha value is -2.09. The highest BCUT2D eigenvalue weighted by molar-refractivity contribution is 7.13. The van der Waals surface area contributed by atoms with Crippen molar-refractivity contribution < 1.29 is 22.7 Å². The molecule has 0 saturated heterocycles. The minimum absolute atomic E-state index is 0.284. The SMILES string of the molecule is CCOC(=O)c1cnc(CN2CCCc3ccc(C(F)(F)F)cc32)s1. The van der Waals surface area contributed by atoms with Crippen LogP contribution in [0.5, 0.6) is 0 Å². The van der Waals surface area contributed by atoms with Crippen LogP contribution in [-0.2, 0) is 23.9 Å². The fourth-order valence-corrected chi connectivity index (χ4v) is 3.66. The highest BCUT2D eigenvalue weighted by Gasteiger charge is 2.32. The number of aryl methyl sites for hydroxylation is 1. The van der Waals surface area contributed by atoms with Crippen LogP contribution in [0.3, 0.4) is 0 Å². The van der Waals surface area contributed by atoms with Crippen molar-refractivity contribution in [3.8, 4) is 0 Å². The number of thiazole rings is 1. The highest BCUT2D eigenvalue weighted by atomic mass is 32.1. The Balaban J connectivity index is 1.82. The Kier molecular flexibility index (Phi) is 4.99. The van der Waals surface area contributed by atoms with Gasteiger partial charge in [-0.1, -0.05) is 6.07 Å². The zero-order valence-corrected chi connectivity index (χ0v) is 14.4. The first-order valence-electron chi connectivity index (χ1n) is 7.95. The number of nitrogens with zero attached hydrogens (tertiary/aromatic N) is 2. The van der Waals surface area contributed by atoms with Gasteiger partial charge in [0.05, 0.1) is 24.9 Å². The van der Waals surface area contributed by atoms with E-state index in [2.05, 4.69) is 4.98 Å². The third kappa shape index (κ3) is 3.95. The van der Waals surface area contributed by atoms with Crippen LogP contribution >= 0.6 is 11.3 Å². The molecule has 2 heterocycles. The summed E-state index contributed by atoms with van der Waals surface area (Å²) < 4.78 is 43.9. The summed E-state index contributed by atoms with van der Waals surface area (Å²) in [7, 11) is 0. The Morgan fingerprint density at radius 2 is 2.20 bits per heavy atom. The predicted octanol–water partition coefficient (Wildman–Crippen LogP) is 4.29. The maximum absolute atomic E-state index is 13.0. The normalized spacial score (nSPS) is 14.3. The molecule has 1 aliphatic rings. The fourth-order valence-electron chi connectivity index (χ4n) is 2.83. The van der Waals surface area contributed by atoms with Crippen molar-refractivity contribution in [2.45, 2.75) is 32.5 Å². The third-order valence-electron chi connectivity index (χ3n) is 3.98. The van der Waals surface area contributed by atoms with Crippen LogP contribution < -0.4 is 4.90 Å². The van der Waals surface area contributed by atoms with Crippen molar-refractivity contribution in [2.75, 3.05) is 18.1 Å². The lowest BCUT2D eigenvalue weighted by Gasteiger charge is -2.31. The summed E-state index contributed by atoms with van der Waals surface area (Å²) in [4.78, 5) is 18.2. The van der Waals surface area contributed by atoms with E-state index < -0.39 is 17.7 Å². The number of alkyl halides is 3. The van der Waals surface area contributed by atoms with Crippen LogP contribution in [0.4, 0.5) is 18.9 Å². The molecule has 0 aliphatic carbocycles. The van der Waals surface area contributed by atoms with Crippen molar-refractivity contribution >= 4 is 23.0 Å². The van der Waals surface area contributed by atoms with Gasteiger partial charge in [-0.25, -0.2) is 9.78 Å². The molecular formula is C17H17F3N2O2S. The van der Waals surface area contributed by atoms with Gasteiger partial charge >= 0.3 is 12.1 Å². The van der Waals surface area contributed by atoms with Gasteiger partial charge < -0.3 is 9.64 Å². The Morgan fingerprint density at radius 3 is 2.92 bits per heavy atom. The summed E-state index contributed by atoms with van der Waals surface area (Å²) in [6.45, 7) is 3.04. The van der Waals surface area contributed by atoms with Crippen molar-refractivity contribution in [3.05, 3.63) is 45.4 Å². The Labute approximate surface area is 147 Å². The zero-order valence-electron chi connectivity index (χ0n) is 13.6. The van der Waals surface area contributed by atoms with E-state index in [0.29, 0.717) is 28.7 Å². The van der Waals surface area contributed by atoms with E-state index in [1.807, 2.05) is 4.90 Å². The van der Waals surface area contributed by atoms with E-state index in [0.717, 1.165) is 24.5 Å². The van der Waals surface area contributed by atoms with E-state index >= 15 is 0 Å². The fraction of sp³-hybridized carbons (Fsp3) is 0.412. The van der Waals surface area contributed by atoms with Crippen LogP contribution in [0.2, 0.25) is 0 Å². The number of halogens is 3. The van der Waals surface area contributed by atoms with Crippen molar-refractivity contribution in [1.82, 2.24) is 4.98 Å². The molecule has 3 rings (SSSR count). The van der Waals surface area contributed by atoms with E-state index in [1.165, 1.54) is 23.6 Å². The molecule has 0 fully saturated rings. The van der Waals surface area contributed by atoms with Crippen LogP contribution in [0.25, 0.3) is 0 Å². The summed E-state index contributed by atoms with van der Waals surface area (Å²) in [6.07, 6.45) is -1.28. The van der Waals surface area contributed by atoms with Gasteiger partial charge in [-0.15, -0.1) is 11.3 Å². The molecular weight excluding hydrogens is 353 g/mol. The number of fused-ring (bicyclic) bond motifs is 1. The molecule has 2 aromatic rings. The van der Waals surface area contributed by atoms with E-state index in [4.69, 9.17) is 4.74 Å². The van der Waals surface area contributed by atoms with Crippen molar-refractivity contribution in [3.63, 3.8) is 0 Å². The number of hydrogen-bond donors (Lipinski definition) is 0. The highest BCUT2D eigenvalue weighted by Crippen LogP contribution is 2.36. The standard InChI is InChI=1S/C17H17F3N2O2S/c1-2-24-16(23)14-9-21-15(25-14)10-22-7-3-4-11-5-6-12(8-13(11)22)17(18,19)20/h5-6,8-9H,2-4,7,10H2,1H3. The number of hydrogen-bond acceptors (Lipinski definition) is 5. The lowest BCUT2D eigenvalue weighted by atomic mass is 9.99. The minimum atomic E-state index is -4.36. The summed E-state index contributed by atoms with van der Waals surface area (Å²) in [6, 6.07) is 3.88. The van der Waals surface area contributed by atoms with Gasteiger partial charge in [-0.2, -0.15) is 13.2 Å². The molecule has 0 radical (unpaired) electrons. The molecule has 0 unspecified atom stereocenters. The maximum atomic E-state index is 13.0. The summed E-state index contributed by atoms with van der Waals surface area (Å²) >= 11 is 1.21. The number of anilines is 1. The molecule has 0 N–H and O–H groups in total. The van der Waals surface area contributed by atoms with Crippen molar-refractivity contribution in [1.29, 1.82) is 0 Å². The lowest BCUT2D eigenvalue weighted by molar-refractivity contribution is -0.137. The molecule has 1 aromatic heterocycles. The second-order valence-corrected chi connectivity index (χ2v) is 6.82. The molecule has 0 spiro atoms. The van der Waals surface area contributed by atoms with E-state index in [-0.39, 0.29) is 6.61 Å². The first kappa shape index (κ1) is 17.7. The number of benzene rings is 1. The van der Waals surface area contributed by atoms with Crippen LogP contribution in [0.15, 0.2) is 24.4 Å².